The summed E-state index contributed by atoms with van der Waals surface area (Å²) in [6.45, 7) is 1.19. The Kier molecular flexibility index (Phi) is 9.24. The maximum Gasteiger partial charge on any atom is 0.233 e. The Morgan fingerprint density at radius 1 is 0.929 bits per heavy atom. The van der Waals surface area contributed by atoms with Gasteiger partial charge in [-0.3, -0.25) is 4.79 Å². The zero-order chi connectivity index (χ0) is 20.1. The van der Waals surface area contributed by atoms with Crippen LogP contribution in [0, 0.1) is 0 Å². The lowest BCUT2D eigenvalue weighted by molar-refractivity contribution is -0.120. The molecule has 0 aromatic heterocycles. The predicted octanol–water partition coefficient (Wildman–Crippen LogP) is 2.94. The van der Waals surface area contributed by atoms with E-state index in [2.05, 4.69) is 10.0 Å². The van der Waals surface area contributed by atoms with Gasteiger partial charge in [0.15, 0.2) is 0 Å². The molecule has 28 heavy (non-hydrogen) atoms. The molecule has 0 aliphatic carbocycles. The molecule has 7 heteroatoms. The molecule has 0 fully saturated rings. The van der Waals surface area contributed by atoms with Crippen LogP contribution in [0.4, 0.5) is 0 Å². The van der Waals surface area contributed by atoms with Crippen molar-refractivity contribution < 1.29 is 17.9 Å². The van der Waals surface area contributed by atoms with E-state index in [0.29, 0.717) is 13.2 Å². The number of carbonyl (C=O) groups is 1. The highest BCUT2D eigenvalue weighted by molar-refractivity contribution is 7.92. The summed E-state index contributed by atoms with van der Waals surface area (Å²) in [6, 6.07) is 18.7. The summed E-state index contributed by atoms with van der Waals surface area (Å²) in [6.07, 6.45) is 3.23. The number of sulfonamides is 1. The Morgan fingerprint density at radius 3 is 2.32 bits per heavy atom. The Balaban J connectivity index is 1.54. The van der Waals surface area contributed by atoms with Crippen LogP contribution in [0.25, 0.3) is 6.08 Å². The first kappa shape index (κ1) is 21.7. The van der Waals surface area contributed by atoms with E-state index < -0.39 is 10.0 Å². The molecule has 2 rings (SSSR count). The number of rotatable bonds is 12. The highest BCUT2D eigenvalue weighted by Gasteiger charge is 2.07. The Labute approximate surface area is 166 Å². The molecule has 1 amide bonds. The SMILES string of the molecule is O=C(CCNS(=O)(=O)/C=C/c1ccccc1)NCCCCOc1ccccc1. The van der Waals surface area contributed by atoms with Gasteiger partial charge in [0.25, 0.3) is 0 Å². The minimum Gasteiger partial charge on any atom is -0.494 e. The van der Waals surface area contributed by atoms with E-state index in [1.54, 1.807) is 0 Å². The number of hydrogen-bond donors (Lipinski definition) is 2. The standard InChI is InChI=1S/C21H26N2O4S/c24-21(22-15-7-8-17-27-20-11-5-2-6-12-20)13-16-23-28(25,26)18-14-19-9-3-1-4-10-19/h1-6,9-12,14,18,23H,7-8,13,15-17H2,(H,22,24)/b18-14+. The summed E-state index contributed by atoms with van der Waals surface area (Å²) in [4.78, 5) is 11.8. The lowest BCUT2D eigenvalue weighted by Gasteiger charge is -2.07. The summed E-state index contributed by atoms with van der Waals surface area (Å²) in [5.74, 6) is 0.652. The summed E-state index contributed by atoms with van der Waals surface area (Å²) in [5.41, 5.74) is 0.793. The predicted molar refractivity (Wildman–Crippen MR) is 111 cm³/mol. The lowest BCUT2D eigenvalue weighted by atomic mass is 10.2. The van der Waals surface area contributed by atoms with E-state index in [-0.39, 0.29) is 18.9 Å². The van der Waals surface area contributed by atoms with Crippen molar-refractivity contribution in [2.75, 3.05) is 19.7 Å². The molecule has 0 saturated heterocycles. The Hall–Kier alpha value is -2.64. The van der Waals surface area contributed by atoms with Crippen LogP contribution in [0.15, 0.2) is 66.1 Å². The average Bonchev–Trinajstić information content (AvgIpc) is 2.70. The molecule has 2 aromatic rings. The van der Waals surface area contributed by atoms with E-state index in [1.165, 1.54) is 6.08 Å². The van der Waals surface area contributed by atoms with Crippen molar-refractivity contribution in [3.8, 4) is 5.75 Å². The molecule has 150 valence electrons. The van der Waals surface area contributed by atoms with Crippen molar-refractivity contribution in [3.63, 3.8) is 0 Å². The van der Waals surface area contributed by atoms with Gasteiger partial charge in [-0.05, 0) is 36.6 Å². The number of para-hydroxylation sites is 1. The second-order valence-electron chi connectivity index (χ2n) is 6.12. The number of ether oxygens (including phenoxy) is 1. The maximum absolute atomic E-state index is 11.9. The number of unbranched alkanes of at least 4 members (excludes halogenated alkanes) is 1. The molecule has 0 radical (unpaired) electrons. The third-order valence-corrected chi connectivity index (χ3v) is 4.90. The monoisotopic (exact) mass is 402 g/mol. The first-order valence-corrected chi connectivity index (χ1v) is 10.8. The van der Waals surface area contributed by atoms with Crippen LogP contribution in [-0.2, 0) is 14.8 Å². The maximum atomic E-state index is 11.9. The van der Waals surface area contributed by atoms with Crippen molar-refractivity contribution in [1.82, 2.24) is 10.0 Å². The van der Waals surface area contributed by atoms with Crippen molar-refractivity contribution in [2.45, 2.75) is 19.3 Å². The third kappa shape index (κ3) is 9.34. The first-order valence-electron chi connectivity index (χ1n) is 9.22. The molecule has 2 aromatic carbocycles. The van der Waals surface area contributed by atoms with Gasteiger partial charge >= 0.3 is 0 Å². The molecule has 0 spiro atoms. The topological polar surface area (TPSA) is 84.5 Å². The van der Waals surface area contributed by atoms with Crippen LogP contribution in [0.3, 0.4) is 0 Å². The zero-order valence-electron chi connectivity index (χ0n) is 15.7. The van der Waals surface area contributed by atoms with Crippen LogP contribution in [0.5, 0.6) is 5.75 Å². The van der Waals surface area contributed by atoms with Crippen LogP contribution in [0.1, 0.15) is 24.8 Å². The summed E-state index contributed by atoms with van der Waals surface area (Å²) < 4.78 is 31.8. The van der Waals surface area contributed by atoms with Crippen molar-refractivity contribution in [3.05, 3.63) is 71.6 Å². The van der Waals surface area contributed by atoms with Gasteiger partial charge in [-0.15, -0.1) is 0 Å². The highest BCUT2D eigenvalue weighted by Crippen LogP contribution is 2.08. The third-order valence-electron chi connectivity index (χ3n) is 3.80. The molecule has 0 saturated carbocycles. The van der Waals surface area contributed by atoms with Gasteiger partial charge in [-0.1, -0.05) is 48.5 Å². The van der Waals surface area contributed by atoms with Crippen LogP contribution >= 0.6 is 0 Å². The normalized spacial score (nSPS) is 11.4. The van der Waals surface area contributed by atoms with Gasteiger partial charge in [-0.2, -0.15) is 0 Å². The minimum absolute atomic E-state index is 0.0599. The molecule has 0 heterocycles. The number of amides is 1. The molecule has 6 nitrogen and oxygen atoms in total. The van der Waals surface area contributed by atoms with E-state index in [4.69, 9.17) is 4.74 Å². The summed E-state index contributed by atoms with van der Waals surface area (Å²) in [7, 11) is -3.56. The number of hydrogen-bond acceptors (Lipinski definition) is 4. The summed E-state index contributed by atoms with van der Waals surface area (Å²) >= 11 is 0. The fourth-order valence-corrected chi connectivity index (χ4v) is 3.16. The van der Waals surface area contributed by atoms with E-state index >= 15 is 0 Å². The van der Waals surface area contributed by atoms with Gasteiger partial charge < -0.3 is 10.1 Å². The molecule has 0 aliphatic heterocycles. The number of benzene rings is 2. The molecule has 0 unspecified atom stereocenters. The average molecular weight is 403 g/mol. The van der Waals surface area contributed by atoms with Gasteiger partial charge in [0.2, 0.25) is 15.9 Å². The second kappa shape index (κ2) is 11.9. The Morgan fingerprint density at radius 2 is 1.61 bits per heavy atom. The first-order chi connectivity index (χ1) is 13.6. The lowest BCUT2D eigenvalue weighted by Crippen LogP contribution is -2.30. The van der Waals surface area contributed by atoms with Crippen molar-refractivity contribution >= 4 is 22.0 Å². The minimum atomic E-state index is -3.56. The second-order valence-corrected chi connectivity index (χ2v) is 7.77. The highest BCUT2D eigenvalue weighted by atomic mass is 32.2. The van der Waals surface area contributed by atoms with Crippen LogP contribution in [-0.4, -0.2) is 34.0 Å². The fraction of sp³-hybridized carbons (Fsp3) is 0.286. The van der Waals surface area contributed by atoms with Crippen molar-refractivity contribution in [1.29, 1.82) is 0 Å². The molecular weight excluding hydrogens is 376 g/mol. The summed E-state index contributed by atoms with van der Waals surface area (Å²) in [5, 5.41) is 3.88. The van der Waals surface area contributed by atoms with E-state index in [0.717, 1.165) is 29.6 Å². The van der Waals surface area contributed by atoms with E-state index in [9.17, 15) is 13.2 Å². The van der Waals surface area contributed by atoms with Crippen LogP contribution < -0.4 is 14.8 Å². The van der Waals surface area contributed by atoms with Gasteiger partial charge in [0.05, 0.1) is 6.61 Å². The quantitative estimate of drug-likeness (QED) is 0.535. The van der Waals surface area contributed by atoms with Crippen LogP contribution in [0.2, 0.25) is 0 Å². The molecular formula is C21H26N2O4S. The Bertz CT molecular complexity index is 837. The fourth-order valence-electron chi connectivity index (χ4n) is 2.34. The van der Waals surface area contributed by atoms with E-state index in [1.807, 2.05) is 60.7 Å². The van der Waals surface area contributed by atoms with Gasteiger partial charge in [-0.25, -0.2) is 13.1 Å². The number of nitrogens with one attached hydrogen (secondary N) is 2. The largest absolute Gasteiger partial charge is 0.494 e. The zero-order valence-corrected chi connectivity index (χ0v) is 16.5. The number of carbonyl (C=O) groups excluding carboxylic acids is 1. The molecule has 0 aliphatic rings. The van der Waals surface area contributed by atoms with Gasteiger partial charge in [0, 0.05) is 24.9 Å². The molecule has 2 N–H and O–H groups in total. The smallest absolute Gasteiger partial charge is 0.233 e. The molecule has 0 bridgehead atoms. The molecule has 0 atom stereocenters. The van der Waals surface area contributed by atoms with Crippen molar-refractivity contribution in [2.24, 2.45) is 0 Å². The van der Waals surface area contributed by atoms with Gasteiger partial charge in [0.1, 0.15) is 5.75 Å².